The maximum Gasteiger partial charge on any atom is 0.241 e. The Morgan fingerprint density at radius 2 is 1.72 bits per heavy atom. The summed E-state index contributed by atoms with van der Waals surface area (Å²) >= 11 is 0. The number of carbonyl (C=O) groups excluding carboxylic acids is 3. The molecule has 2 rings (SSSR count). The van der Waals surface area contributed by atoms with Crippen LogP contribution in [0, 0.1) is 5.82 Å². The van der Waals surface area contributed by atoms with Gasteiger partial charge in [-0.3, -0.25) is 19.3 Å². The molecule has 0 atom stereocenters. The van der Waals surface area contributed by atoms with Gasteiger partial charge in [0.25, 0.3) is 0 Å². The van der Waals surface area contributed by atoms with E-state index in [0.717, 1.165) is 0 Å². The molecular weight excluding hydrogens is 327 g/mol. The topological polar surface area (TPSA) is 87.0 Å². The van der Waals surface area contributed by atoms with E-state index >= 15 is 0 Å². The number of carbonyl (C=O) groups is 3. The van der Waals surface area contributed by atoms with Gasteiger partial charge in [-0.15, -0.1) is 0 Å². The first kappa shape index (κ1) is 18.9. The van der Waals surface area contributed by atoms with Crippen molar-refractivity contribution in [3.8, 4) is 0 Å². The van der Waals surface area contributed by atoms with E-state index in [4.69, 9.17) is 5.73 Å². The summed E-state index contributed by atoms with van der Waals surface area (Å²) in [6.45, 7) is 4.23. The average molecular weight is 350 g/mol. The highest BCUT2D eigenvalue weighted by atomic mass is 19.1. The molecule has 1 saturated heterocycles. The SMILES string of the molecule is CC(=O)N1CCN(CC(=O)N(CCC(N)=O)c2ccc(F)cc2)CC1. The van der Waals surface area contributed by atoms with E-state index in [0.29, 0.717) is 31.9 Å². The molecule has 0 aromatic heterocycles. The van der Waals surface area contributed by atoms with Crippen LogP contribution in [0.2, 0.25) is 0 Å². The minimum Gasteiger partial charge on any atom is -0.370 e. The highest BCUT2D eigenvalue weighted by Gasteiger charge is 2.23. The smallest absolute Gasteiger partial charge is 0.241 e. The van der Waals surface area contributed by atoms with Crippen LogP contribution in [-0.4, -0.2) is 66.8 Å². The van der Waals surface area contributed by atoms with Crippen LogP contribution in [0.25, 0.3) is 0 Å². The van der Waals surface area contributed by atoms with E-state index < -0.39 is 11.7 Å². The first-order valence-electron chi connectivity index (χ1n) is 8.19. The van der Waals surface area contributed by atoms with Crippen LogP contribution in [0.15, 0.2) is 24.3 Å². The number of nitrogens with two attached hydrogens (primary N) is 1. The number of anilines is 1. The number of hydrogen-bond donors (Lipinski definition) is 1. The van der Waals surface area contributed by atoms with Crippen LogP contribution in [0.5, 0.6) is 0 Å². The molecule has 0 spiro atoms. The molecule has 0 saturated carbocycles. The van der Waals surface area contributed by atoms with E-state index in [1.54, 1.807) is 4.90 Å². The summed E-state index contributed by atoms with van der Waals surface area (Å²) in [5.41, 5.74) is 5.71. The van der Waals surface area contributed by atoms with Crippen molar-refractivity contribution < 1.29 is 18.8 Å². The predicted molar refractivity (Wildman–Crippen MR) is 91.3 cm³/mol. The highest BCUT2D eigenvalue weighted by molar-refractivity contribution is 5.95. The van der Waals surface area contributed by atoms with Crippen molar-refractivity contribution in [3.05, 3.63) is 30.1 Å². The molecule has 1 aromatic rings. The van der Waals surface area contributed by atoms with Gasteiger partial charge in [0.05, 0.1) is 6.54 Å². The lowest BCUT2D eigenvalue weighted by Crippen LogP contribution is -2.51. The van der Waals surface area contributed by atoms with Crippen molar-refractivity contribution in [2.75, 3.05) is 44.2 Å². The van der Waals surface area contributed by atoms with Gasteiger partial charge < -0.3 is 15.5 Å². The number of amides is 3. The molecule has 1 aliphatic rings. The van der Waals surface area contributed by atoms with Gasteiger partial charge in [-0.25, -0.2) is 4.39 Å². The van der Waals surface area contributed by atoms with Crippen molar-refractivity contribution in [1.82, 2.24) is 9.80 Å². The van der Waals surface area contributed by atoms with Crippen molar-refractivity contribution in [2.24, 2.45) is 5.73 Å². The zero-order valence-electron chi connectivity index (χ0n) is 14.3. The van der Waals surface area contributed by atoms with Gasteiger partial charge in [0.2, 0.25) is 17.7 Å². The predicted octanol–water partition coefficient (Wildman–Crippen LogP) is 0.198. The summed E-state index contributed by atoms with van der Waals surface area (Å²) in [6.07, 6.45) is 0.0290. The lowest BCUT2D eigenvalue weighted by atomic mass is 10.2. The van der Waals surface area contributed by atoms with Gasteiger partial charge >= 0.3 is 0 Å². The molecule has 25 heavy (non-hydrogen) atoms. The Morgan fingerprint density at radius 3 is 2.24 bits per heavy atom. The minimum absolute atomic E-state index is 0.0281. The fourth-order valence-electron chi connectivity index (χ4n) is 2.74. The second kappa shape index (κ2) is 8.57. The second-order valence-electron chi connectivity index (χ2n) is 6.02. The number of benzene rings is 1. The van der Waals surface area contributed by atoms with Crippen LogP contribution in [0.3, 0.4) is 0 Å². The van der Waals surface area contributed by atoms with Gasteiger partial charge in [0.15, 0.2) is 0 Å². The summed E-state index contributed by atoms with van der Waals surface area (Å²) < 4.78 is 13.1. The van der Waals surface area contributed by atoms with Crippen molar-refractivity contribution in [3.63, 3.8) is 0 Å². The number of primary amides is 1. The molecule has 0 radical (unpaired) electrons. The minimum atomic E-state index is -0.505. The first-order valence-corrected chi connectivity index (χ1v) is 8.19. The zero-order valence-corrected chi connectivity index (χ0v) is 14.3. The fourth-order valence-corrected chi connectivity index (χ4v) is 2.74. The Morgan fingerprint density at radius 1 is 1.12 bits per heavy atom. The van der Waals surface area contributed by atoms with Crippen molar-refractivity contribution >= 4 is 23.4 Å². The van der Waals surface area contributed by atoms with Crippen LogP contribution in [-0.2, 0) is 14.4 Å². The first-order chi connectivity index (χ1) is 11.9. The molecule has 8 heteroatoms. The summed E-state index contributed by atoms with van der Waals surface area (Å²) in [6, 6.07) is 5.54. The standard InChI is InChI=1S/C17H23FN4O3/c1-13(23)21-10-8-20(9-11-21)12-17(25)22(7-6-16(19)24)15-4-2-14(18)3-5-15/h2-5H,6-12H2,1H3,(H2,19,24). The number of rotatable bonds is 6. The molecule has 1 heterocycles. The summed E-state index contributed by atoms with van der Waals surface area (Å²) in [7, 11) is 0. The molecule has 3 amide bonds. The van der Waals surface area contributed by atoms with E-state index in [9.17, 15) is 18.8 Å². The Bertz CT molecular complexity index is 627. The second-order valence-corrected chi connectivity index (χ2v) is 6.02. The van der Waals surface area contributed by atoms with Gasteiger partial charge in [-0.05, 0) is 24.3 Å². The Kier molecular flexibility index (Phi) is 6.46. The Balaban J connectivity index is 2.01. The van der Waals surface area contributed by atoms with Crippen LogP contribution in [0.1, 0.15) is 13.3 Å². The monoisotopic (exact) mass is 350 g/mol. The van der Waals surface area contributed by atoms with Gasteiger partial charge in [-0.1, -0.05) is 0 Å². The zero-order chi connectivity index (χ0) is 18.4. The normalized spacial score (nSPS) is 15.0. The number of nitrogens with zero attached hydrogens (tertiary/aromatic N) is 3. The van der Waals surface area contributed by atoms with Crippen molar-refractivity contribution in [2.45, 2.75) is 13.3 Å². The molecule has 1 fully saturated rings. The quantitative estimate of drug-likeness (QED) is 0.794. The molecule has 2 N–H and O–H groups in total. The molecule has 1 aliphatic heterocycles. The van der Waals surface area contributed by atoms with Crippen LogP contribution in [0.4, 0.5) is 10.1 Å². The lowest BCUT2D eigenvalue weighted by molar-refractivity contribution is -0.130. The summed E-state index contributed by atoms with van der Waals surface area (Å²) in [4.78, 5) is 40.3. The molecule has 1 aromatic carbocycles. The van der Waals surface area contributed by atoms with E-state index in [-0.39, 0.29) is 31.3 Å². The summed E-state index contributed by atoms with van der Waals surface area (Å²) in [5, 5.41) is 0. The third-order valence-corrected chi connectivity index (χ3v) is 4.20. The fraction of sp³-hybridized carbons (Fsp3) is 0.471. The Hall–Kier alpha value is -2.48. The molecule has 0 unspecified atom stereocenters. The number of piperazine rings is 1. The van der Waals surface area contributed by atoms with E-state index in [1.165, 1.54) is 36.1 Å². The van der Waals surface area contributed by atoms with Crippen LogP contribution < -0.4 is 10.6 Å². The lowest BCUT2D eigenvalue weighted by Gasteiger charge is -2.35. The third-order valence-electron chi connectivity index (χ3n) is 4.20. The average Bonchev–Trinajstić information content (AvgIpc) is 2.57. The Labute approximate surface area is 146 Å². The number of hydrogen-bond acceptors (Lipinski definition) is 4. The molecule has 0 aliphatic carbocycles. The van der Waals surface area contributed by atoms with E-state index in [2.05, 4.69) is 0 Å². The van der Waals surface area contributed by atoms with Gasteiger partial charge in [0.1, 0.15) is 5.82 Å². The van der Waals surface area contributed by atoms with Gasteiger partial charge in [-0.2, -0.15) is 0 Å². The highest BCUT2D eigenvalue weighted by Crippen LogP contribution is 2.16. The largest absolute Gasteiger partial charge is 0.370 e. The molecule has 0 bridgehead atoms. The maximum absolute atomic E-state index is 13.1. The summed E-state index contributed by atoms with van der Waals surface area (Å²) in [5.74, 6) is -1.06. The maximum atomic E-state index is 13.1. The van der Waals surface area contributed by atoms with Crippen LogP contribution >= 0.6 is 0 Å². The molecule has 7 nitrogen and oxygen atoms in total. The van der Waals surface area contributed by atoms with Crippen molar-refractivity contribution in [1.29, 1.82) is 0 Å². The number of halogens is 1. The molecule has 136 valence electrons. The van der Waals surface area contributed by atoms with E-state index in [1.807, 2.05) is 4.90 Å². The third kappa shape index (κ3) is 5.53. The van der Waals surface area contributed by atoms with Gasteiger partial charge in [0, 0.05) is 51.8 Å². The molecular formula is C17H23FN4O3.